The van der Waals surface area contributed by atoms with E-state index in [0.717, 1.165) is 30.3 Å². The van der Waals surface area contributed by atoms with Gasteiger partial charge in [-0.25, -0.2) is 9.59 Å². The largest absolute Gasteiger partial charge is 0.573 e. The maximum atomic E-state index is 12.4. The van der Waals surface area contributed by atoms with Crippen LogP contribution in [0.3, 0.4) is 0 Å². The van der Waals surface area contributed by atoms with E-state index in [-0.39, 0.29) is 17.5 Å². The fourth-order valence-corrected chi connectivity index (χ4v) is 3.60. The number of carbonyl (C=O) groups excluding carboxylic acids is 1. The van der Waals surface area contributed by atoms with Crippen LogP contribution in [-0.2, 0) is 0 Å². The van der Waals surface area contributed by atoms with E-state index < -0.39 is 47.9 Å². The highest BCUT2D eigenvalue weighted by Gasteiger charge is 2.32. The molecular weight excluding hydrogens is 502 g/mol. The minimum atomic E-state index is -4.98. The van der Waals surface area contributed by atoms with Crippen LogP contribution < -0.4 is 24.8 Å². The van der Waals surface area contributed by atoms with E-state index in [2.05, 4.69) is 20.1 Å². The molecule has 0 saturated heterocycles. The molecule has 8 nitrogen and oxygen atoms in total. The molecule has 3 rings (SSSR count). The smallest absolute Gasteiger partial charge is 0.490 e. The molecule has 0 bridgehead atoms. The van der Waals surface area contributed by atoms with E-state index >= 15 is 0 Å². The molecule has 2 aromatic rings. The number of aromatic carboxylic acids is 1. The summed E-state index contributed by atoms with van der Waals surface area (Å²) in [6, 6.07) is 6.59. The molecule has 36 heavy (non-hydrogen) atoms. The van der Waals surface area contributed by atoms with Gasteiger partial charge in [0.15, 0.2) is 0 Å². The zero-order valence-corrected chi connectivity index (χ0v) is 18.3. The molecule has 1 aliphatic carbocycles. The van der Waals surface area contributed by atoms with E-state index in [0.29, 0.717) is 25.7 Å². The summed E-state index contributed by atoms with van der Waals surface area (Å²) in [6.45, 7) is 0. The van der Waals surface area contributed by atoms with Gasteiger partial charge in [-0.05, 0) is 56.0 Å². The number of carboxylic acid groups (broad SMARTS) is 1. The number of alkyl halides is 6. The number of carbonyl (C=O) groups is 2. The fourth-order valence-electron chi connectivity index (χ4n) is 3.60. The highest BCUT2D eigenvalue weighted by atomic mass is 19.4. The molecular formula is C22H20F6N2O6. The molecule has 14 heteroatoms. The first-order chi connectivity index (χ1) is 16.8. The SMILES string of the molecule is O=C(Nc1cccc(OC(F)(F)F)c1)NC1CCC(Oc2ccc(OC(F)(F)F)cc2C(=O)O)CC1. The van der Waals surface area contributed by atoms with Crippen LogP contribution in [0, 0.1) is 0 Å². The number of benzene rings is 2. The molecule has 0 aromatic heterocycles. The van der Waals surface area contributed by atoms with Gasteiger partial charge in [0, 0.05) is 17.8 Å². The Morgan fingerprint density at radius 3 is 2.06 bits per heavy atom. The van der Waals surface area contributed by atoms with E-state index in [4.69, 9.17) is 4.74 Å². The fraction of sp³-hybridized carbons (Fsp3) is 0.364. The lowest BCUT2D eigenvalue weighted by Gasteiger charge is -2.30. The lowest BCUT2D eigenvalue weighted by atomic mass is 9.93. The van der Waals surface area contributed by atoms with Crippen LogP contribution in [0.4, 0.5) is 36.8 Å². The molecule has 0 heterocycles. The van der Waals surface area contributed by atoms with Crippen molar-refractivity contribution in [2.45, 2.75) is 50.6 Å². The van der Waals surface area contributed by atoms with Crippen molar-refractivity contribution in [2.75, 3.05) is 5.32 Å². The quantitative estimate of drug-likeness (QED) is 0.404. The molecule has 0 aliphatic heterocycles. The van der Waals surface area contributed by atoms with Crippen LogP contribution >= 0.6 is 0 Å². The van der Waals surface area contributed by atoms with Crippen molar-refractivity contribution >= 4 is 17.7 Å². The zero-order chi connectivity index (χ0) is 26.5. The van der Waals surface area contributed by atoms with Gasteiger partial charge < -0.3 is 30.0 Å². The number of carboxylic acids is 1. The molecule has 196 valence electrons. The Bertz CT molecular complexity index is 1080. The van der Waals surface area contributed by atoms with Gasteiger partial charge >= 0.3 is 24.7 Å². The molecule has 0 atom stereocenters. The topological polar surface area (TPSA) is 106 Å². The van der Waals surface area contributed by atoms with Gasteiger partial charge in [-0.1, -0.05) is 6.07 Å². The molecule has 1 saturated carbocycles. The third-order valence-electron chi connectivity index (χ3n) is 5.04. The third-order valence-corrected chi connectivity index (χ3v) is 5.04. The van der Waals surface area contributed by atoms with Crippen LogP contribution in [0.1, 0.15) is 36.0 Å². The second-order valence-corrected chi connectivity index (χ2v) is 7.78. The summed E-state index contributed by atoms with van der Waals surface area (Å²) in [5, 5.41) is 14.4. The minimum Gasteiger partial charge on any atom is -0.490 e. The molecule has 0 unspecified atom stereocenters. The molecule has 1 fully saturated rings. The summed E-state index contributed by atoms with van der Waals surface area (Å²) in [5.41, 5.74) is -0.404. The monoisotopic (exact) mass is 522 g/mol. The highest BCUT2D eigenvalue weighted by molar-refractivity contribution is 5.91. The lowest BCUT2D eigenvalue weighted by molar-refractivity contribution is -0.275. The van der Waals surface area contributed by atoms with Gasteiger partial charge in [-0.2, -0.15) is 0 Å². The molecule has 1 aliphatic rings. The summed E-state index contributed by atoms with van der Waals surface area (Å²) in [6.07, 6.45) is -8.62. The first kappa shape index (κ1) is 26.8. The Morgan fingerprint density at radius 1 is 0.861 bits per heavy atom. The number of anilines is 1. The summed E-state index contributed by atoms with van der Waals surface area (Å²) in [7, 11) is 0. The van der Waals surface area contributed by atoms with Gasteiger partial charge in [-0.3, -0.25) is 0 Å². The Labute approximate surface area is 200 Å². The third kappa shape index (κ3) is 8.43. The standard InChI is InChI=1S/C22H20F6N2O6/c23-21(24,25)35-15-3-1-2-13(10-15)30-20(33)29-12-4-6-14(7-5-12)34-18-9-8-16(36-22(26,27)28)11-17(18)19(31)32/h1-3,8-12,14H,4-7H2,(H,31,32)(H2,29,30,33). The number of hydrogen-bond donors (Lipinski definition) is 3. The second-order valence-electron chi connectivity index (χ2n) is 7.78. The summed E-state index contributed by atoms with van der Waals surface area (Å²) in [4.78, 5) is 23.7. The predicted octanol–water partition coefficient (Wildman–Crippen LogP) is 5.69. The van der Waals surface area contributed by atoms with Crippen molar-refractivity contribution < 1.29 is 55.2 Å². The number of halogens is 6. The summed E-state index contributed by atoms with van der Waals surface area (Å²) >= 11 is 0. The minimum absolute atomic E-state index is 0.0884. The number of ether oxygens (including phenoxy) is 3. The Morgan fingerprint density at radius 2 is 1.47 bits per heavy atom. The van der Waals surface area contributed by atoms with E-state index in [9.17, 15) is 41.0 Å². The second kappa shape index (κ2) is 10.8. The van der Waals surface area contributed by atoms with Crippen molar-refractivity contribution in [2.24, 2.45) is 0 Å². The summed E-state index contributed by atoms with van der Waals surface area (Å²) < 4.78 is 87.4. The zero-order valence-electron chi connectivity index (χ0n) is 18.3. The first-order valence-electron chi connectivity index (χ1n) is 10.5. The van der Waals surface area contributed by atoms with Crippen LogP contribution in [0.15, 0.2) is 42.5 Å². The average molecular weight is 522 g/mol. The highest BCUT2D eigenvalue weighted by Crippen LogP contribution is 2.31. The maximum Gasteiger partial charge on any atom is 0.573 e. The van der Waals surface area contributed by atoms with E-state index in [1.165, 1.54) is 12.1 Å². The number of nitrogens with one attached hydrogen (secondary N) is 2. The lowest BCUT2D eigenvalue weighted by Crippen LogP contribution is -2.41. The van der Waals surface area contributed by atoms with Crippen molar-refractivity contribution in [3.63, 3.8) is 0 Å². The normalized spacial score (nSPS) is 18.2. The molecule has 0 radical (unpaired) electrons. The Hall–Kier alpha value is -3.84. The van der Waals surface area contributed by atoms with Crippen LogP contribution in [0.25, 0.3) is 0 Å². The van der Waals surface area contributed by atoms with Crippen molar-refractivity contribution in [1.29, 1.82) is 0 Å². The predicted molar refractivity (Wildman–Crippen MR) is 112 cm³/mol. The van der Waals surface area contributed by atoms with Gasteiger partial charge in [-0.15, -0.1) is 26.3 Å². The average Bonchev–Trinajstić information content (AvgIpc) is 2.74. The molecule has 2 amide bonds. The van der Waals surface area contributed by atoms with Gasteiger partial charge in [0.2, 0.25) is 0 Å². The van der Waals surface area contributed by atoms with Crippen molar-refractivity contribution in [1.82, 2.24) is 5.32 Å². The van der Waals surface area contributed by atoms with Crippen LogP contribution in [0.2, 0.25) is 0 Å². The van der Waals surface area contributed by atoms with Crippen LogP contribution in [0.5, 0.6) is 17.2 Å². The number of hydrogen-bond acceptors (Lipinski definition) is 5. The molecule has 0 spiro atoms. The van der Waals surface area contributed by atoms with Crippen molar-refractivity contribution in [3.05, 3.63) is 48.0 Å². The first-order valence-corrected chi connectivity index (χ1v) is 10.5. The Balaban J connectivity index is 1.51. The summed E-state index contributed by atoms with van der Waals surface area (Å²) in [5.74, 6) is -2.79. The van der Waals surface area contributed by atoms with E-state index in [1.54, 1.807) is 0 Å². The Kier molecular flexibility index (Phi) is 8.05. The number of rotatable bonds is 7. The van der Waals surface area contributed by atoms with Crippen molar-refractivity contribution in [3.8, 4) is 17.2 Å². The van der Waals surface area contributed by atoms with Gasteiger partial charge in [0.05, 0.1) is 6.10 Å². The van der Waals surface area contributed by atoms with Gasteiger partial charge in [0.1, 0.15) is 22.8 Å². The van der Waals surface area contributed by atoms with E-state index in [1.807, 2.05) is 0 Å². The number of urea groups is 1. The molecule has 2 aromatic carbocycles. The van der Waals surface area contributed by atoms with Gasteiger partial charge in [0.25, 0.3) is 0 Å². The van der Waals surface area contributed by atoms with Crippen LogP contribution in [-0.4, -0.2) is 42.0 Å². The maximum absolute atomic E-state index is 12.4. The number of amides is 2. The molecule has 3 N–H and O–H groups in total.